The van der Waals surface area contributed by atoms with Crippen molar-refractivity contribution in [2.45, 2.75) is 44.4 Å². The molecule has 0 aliphatic heterocycles. The van der Waals surface area contributed by atoms with Gasteiger partial charge in [-0.3, -0.25) is 19.6 Å². The number of rotatable bonds is 12. The maximum absolute atomic E-state index is 15.1. The lowest BCUT2D eigenvalue weighted by atomic mass is 9.92. The molecule has 2 unspecified atom stereocenters. The summed E-state index contributed by atoms with van der Waals surface area (Å²) < 4.78 is 29.6. The fraction of sp³-hybridized carbons (Fsp3) is 0.189. The van der Waals surface area contributed by atoms with Crippen molar-refractivity contribution in [3.05, 3.63) is 137 Å². The van der Waals surface area contributed by atoms with E-state index in [1.807, 2.05) is 12.1 Å². The fourth-order valence-electron chi connectivity index (χ4n) is 4.96. The SMILES string of the molecule is CC(F)(CCC(=O)c1sc(-c2cccnc2)nc1Cl)c1ccc(Cl)cc1Cl.O=C(CCC(F)c1ccc(Cl)cc1Cl)c1sc(-c2cccnc2)nc1Cl. The number of ketones is 2. The molecule has 53 heavy (non-hydrogen) atoms. The molecule has 2 aromatic carbocycles. The predicted molar refractivity (Wildman–Crippen MR) is 213 cm³/mol. The van der Waals surface area contributed by atoms with Crippen molar-refractivity contribution < 1.29 is 18.4 Å². The van der Waals surface area contributed by atoms with E-state index < -0.39 is 11.8 Å². The lowest BCUT2D eigenvalue weighted by Crippen LogP contribution is -2.17. The Bertz CT molecular complexity index is 2220. The van der Waals surface area contributed by atoms with Crippen LogP contribution in [0.15, 0.2) is 85.5 Å². The van der Waals surface area contributed by atoms with E-state index in [1.54, 1.807) is 49.1 Å². The fourth-order valence-corrected chi connectivity index (χ4v) is 8.64. The third-order valence-corrected chi connectivity index (χ3v) is 11.9. The molecule has 0 fully saturated rings. The Labute approximate surface area is 342 Å². The van der Waals surface area contributed by atoms with Gasteiger partial charge in [0.25, 0.3) is 0 Å². The van der Waals surface area contributed by atoms with Crippen LogP contribution in [-0.2, 0) is 5.67 Å². The van der Waals surface area contributed by atoms with Gasteiger partial charge in [0.2, 0.25) is 0 Å². The number of carbonyl (C=O) groups excluding carboxylic acids is 2. The van der Waals surface area contributed by atoms with Crippen LogP contribution in [0.4, 0.5) is 8.78 Å². The van der Waals surface area contributed by atoms with E-state index in [0.717, 1.165) is 11.1 Å². The number of benzene rings is 2. The van der Waals surface area contributed by atoms with Crippen molar-refractivity contribution in [2.75, 3.05) is 0 Å². The molecule has 0 aliphatic carbocycles. The van der Waals surface area contributed by atoms with Gasteiger partial charge < -0.3 is 0 Å². The summed E-state index contributed by atoms with van der Waals surface area (Å²) in [6, 6.07) is 16.4. The number of Topliss-reactive ketones (excluding diaryl/α,β-unsaturated/α-hetero) is 2. The molecule has 0 saturated carbocycles. The molecule has 16 heteroatoms. The molecular weight excluding hydrogens is 847 g/mol. The second kappa shape index (κ2) is 18.5. The van der Waals surface area contributed by atoms with E-state index in [0.29, 0.717) is 40.9 Å². The number of alkyl halides is 2. The number of carbonyl (C=O) groups is 2. The monoisotopic (exact) mass is 870 g/mol. The van der Waals surface area contributed by atoms with Gasteiger partial charge >= 0.3 is 0 Å². The maximum atomic E-state index is 15.1. The van der Waals surface area contributed by atoms with Gasteiger partial charge in [-0.2, -0.15) is 0 Å². The highest BCUT2D eigenvalue weighted by Gasteiger charge is 2.30. The van der Waals surface area contributed by atoms with Crippen LogP contribution in [0, 0.1) is 0 Å². The first-order chi connectivity index (χ1) is 25.2. The Kier molecular flexibility index (Phi) is 14.4. The first-order valence-electron chi connectivity index (χ1n) is 15.7. The minimum atomic E-state index is -1.78. The lowest BCUT2D eigenvalue weighted by molar-refractivity contribution is 0.0936. The highest BCUT2D eigenvalue weighted by atomic mass is 35.5. The van der Waals surface area contributed by atoms with Gasteiger partial charge in [0.1, 0.15) is 31.6 Å². The van der Waals surface area contributed by atoms with E-state index in [2.05, 4.69) is 19.9 Å². The van der Waals surface area contributed by atoms with Crippen molar-refractivity contribution in [1.29, 1.82) is 0 Å². The van der Waals surface area contributed by atoms with E-state index in [1.165, 1.54) is 53.9 Å². The van der Waals surface area contributed by atoms with Crippen LogP contribution >= 0.6 is 92.3 Å². The molecule has 0 radical (unpaired) electrons. The molecule has 0 N–H and O–H groups in total. The predicted octanol–water partition coefficient (Wildman–Crippen LogP) is 13.9. The number of hydrogen-bond acceptors (Lipinski definition) is 8. The summed E-state index contributed by atoms with van der Waals surface area (Å²) in [6.45, 7) is 1.39. The molecule has 0 aliphatic rings. The topological polar surface area (TPSA) is 85.7 Å². The van der Waals surface area contributed by atoms with Crippen LogP contribution in [0.3, 0.4) is 0 Å². The summed E-state index contributed by atoms with van der Waals surface area (Å²) in [5.41, 5.74) is 0.380. The van der Waals surface area contributed by atoms with Gasteiger partial charge in [-0.05, 0) is 68.3 Å². The zero-order valence-electron chi connectivity index (χ0n) is 27.4. The molecular formula is C37H26Cl6F2N4O2S2. The summed E-state index contributed by atoms with van der Waals surface area (Å²) in [5.74, 6) is -0.517. The molecule has 2 atom stereocenters. The highest BCUT2D eigenvalue weighted by molar-refractivity contribution is 7.18. The maximum Gasteiger partial charge on any atom is 0.176 e. The van der Waals surface area contributed by atoms with Gasteiger partial charge in [-0.1, -0.05) is 81.7 Å². The van der Waals surface area contributed by atoms with Crippen LogP contribution in [0.25, 0.3) is 21.1 Å². The Morgan fingerprint density at radius 2 is 1.25 bits per heavy atom. The van der Waals surface area contributed by atoms with Gasteiger partial charge in [0.05, 0.1) is 0 Å². The number of hydrogen-bond donors (Lipinski definition) is 0. The number of thiazole rings is 2. The second-order valence-electron chi connectivity index (χ2n) is 11.6. The van der Waals surface area contributed by atoms with E-state index in [4.69, 9.17) is 69.6 Å². The summed E-state index contributed by atoms with van der Waals surface area (Å²) in [4.78, 5) is 42.1. The van der Waals surface area contributed by atoms with E-state index >= 15 is 4.39 Å². The molecule has 274 valence electrons. The Morgan fingerprint density at radius 1 is 0.736 bits per heavy atom. The quantitative estimate of drug-likeness (QED) is 0.114. The second-order valence-corrected chi connectivity index (χ2v) is 16.0. The van der Waals surface area contributed by atoms with Crippen molar-refractivity contribution in [3.8, 4) is 21.1 Å². The smallest absolute Gasteiger partial charge is 0.176 e. The minimum absolute atomic E-state index is 0.00333. The van der Waals surface area contributed by atoms with Crippen molar-refractivity contribution in [3.63, 3.8) is 0 Å². The van der Waals surface area contributed by atoms with Crippen molar-refractivity contribution in [1.82, 2.24) is 19.9 Å². The minimum Gasteiger partial charge on any atom is -0.293 e. The molecule has 0 saturated heterocycles. The molecule has 6 nitrogen and oxygen atoms in total. The van der Waals surface area contributed by atoms with Crippen LogP contribution in [0.5, 0.6) is 0 Å². The number of pyridine rings is 2. The third-order valence-electron chi connectivity index (χ3n) is 7.73. The average molecular weight is 873 g/mol. The van der Waals surface area contributed by atoms with Gasteiger partial charge in [-0.15, -0.1) is 22.7 Å². The summed E-state index contributed by atoms with van der Waals surface area (Å²) in [5, 5.41) is 2.77. The molecule has 6 aromatic rings. The molecule has 0 bridgehead atoms. The highest BCUT2D eigenvalue weighted by Crippen LogP contribution is 2.39. The largest absolute Gasteiger partial charge is 0.293 e. The van der Waals surface area contributed by atoms with Gasteiger partial charge in [-0.25, -0.2) is 18.7 Å². The van der Waals surface area contributed by atoms with Crippen LogP contribution in [0.2, 0.25) is 30.4 Å². The molecule has 0 amide bonds. The summed E-state index contributed by atoms with van der Waals surface area (Å²) in [6.07, 6.45) is 5.14. The third kappa shape index (κ3) is 10.8. The Morgan fingerprint density at radius 3 is 1.74 bits per heavy atom. The molecule has 0 spiro atoms. The van der Waals surface area contributed by atoms with E-state index in [9.17, 15) is 14.0 Å². The normalized spacial score (nSPS) is 12.8. The summed E-state index contributed by atoms with van der Waals surface area (Å²) >= 11 is 38.3. The molecule has 6 rings (SSSR count). The van der Waals surface area contributed by atoms with Crippen LogP contribution < -0.4 is 0 Å². The zero-order valence-corrected chi connectivity index (χ0v) is 33.6. The van der Waals surface area contributed by atoms with Crippen molar-refractivity contribution >= 4 is 104 Å². The number of halogens is 8. The number of aromatic nitrogens is 4. The molecule has 4 aromatic heterocycles. The van der Waals surface area contributed by atoms with Gasteiger partial charge in [0, 0.05) is 80.0 Å². The average Bonchev–Trinajstić information content (AvgIpc) is 3.73. The standard InChI is InChI=1S/C19H14Cl3FN2OS.C18H12Cl3FN2OS/c1-19(23,13-5-4-12(20)9-14(13)21)7-6-15(26)16-17(22)25-18(27-16)11-3-2-8-24-10-11;19-11-3-4-12(13(20)8-11)14(22)5-6-15(25)16-17(21)24-18(26-16)10-2-1-7-23-9-10/h2-5,8-10H,6-7H2,1H3;1-4,7-9,14H,5-6H2. The van der Waals surface area contributed by atoms with Crippen molar-refractivity contribution in [2.24, 2.45) is 0 Å². The summed E-state index contributed by atoms with van der Waals surface area (Å²) in [7, 11) is 0. The first-order valence-corrected chi connectivity index (χ1v) is 19.6. The van der Waals surface area contributed by atoms with E-state index in [-0.39, 0.29) is 57.6 Å². The number of nitrogens with zero attached hydrogens (tertiary/aromatic N) is 4. The zero-order chi connectivity index (χ0) is 38.3. The van der Waals surface area contributed by atoms with Crippen LogP contribution in [0.1, 0.15) is 69.2 Å². The lowest BCUT2D eigenvalue weighted by Gasteiger charge is -2.21. The Balaban J connectivity index is 0.000000204. The Hall–Kier alpha value is -3.06. The molecule has 4 heterocycles. The van der Waals surface area contributed by atoms with Crippen LogP contribution in [-0.4, -0.2) is 31.5 Å². The first kappa shape index (κ1) is 41.1. The van der Waals surface area contributed by atoms with Gasteiger partial charge in [0.15, 0.2) is 21.9 Å².